The van der Waals surface area contributed by atoms with E-state index in [-0.39, 0.29) is 11.2 Å². The van der Waals surface area contributed by atoms with Crippen LogP contribution in [0.25, 0.3) is 11.4 Å². The summed E-state index contributed by atoms with van der Waals surface area (Å²) in [5.74, 6) is 0.476. The van der Waals surface area contributed by atoms with E-state index in [1.54, 1.807) is 12.1 Å². The van der Waals surface area contributed by atoms with Crippen LogP contribution in [0, 0.1) is 5.82 Å². The Morgan fingerprint density at radius 1 is 1.16 bits per heavy atom. The molecule has 0 atom stereocenters. The summed E-state index contributed by atoms with van der Waals surface area (Å²) in [5, 5.41) is 0. The molecule has 0 aliphatic carbocycles. The van der Waals surface area contributed by atoms with Gasteiger partial charge >= 0.3 is 0 Å². The van der Waals surface area contributed by atoms with Crippen molar-refractivity contribution in [1.29, 1.82) is 0 Å². The maximum Gasteiger partial charge on any atom is 0.163 e. The fraction of sp³-hybridized carbons (Fsp3) is 0.286. The second-order valence-electron chi connectivity index (χ2n) is 5.38. The number of rotatable bonds is 1. The first-order chi connectivity index (χ1) is 8.77. The first-order valence-electron chi connectivity index (χ1n) is 5.88. The van der Waals surface area contributed by atoms with Crippen molar-refractivity contribution in [3.63, 3.8) is 0 Å². The minimum atomic E-state index is -0.332. The molecule has 0 aliphatic heterocycles. The fourth-order valence-corrected chi connectivity index (χ4v) is 2.06. The highest BCUT2D eigenvalue weighted by Gasteiger charge is 2.18. The quantitative estimate of drug-likeness (QED) is 0.865. The molecule has 1 aromatic carbocycles. The van der Waals surface area contributed by atoms with Crippen LogP contribution < -0.4 is 5.73 Å². The SMILES string of the molecule is CC(C)(C)c1cc(N)nc(-c2cc(F)ccc2Br)n1. The van der Waals surface area contributed by atoms with Crippen molar-refractivity contribution in [3.8, 4) is 11.4 Å². The number of nitrogen functional groups attached to an aromatic ring is 1. The van der Waals surface area contributed by atoms with Crippen molar-refractivity contribution < 1.29 is 4.39 Å². The van der Waals surface area contributed by atoms with E-state index in [0.717, 1.165) is 10.2 Å². The summed E-state index contributed by atoms with van der Waals surface area (Å²) in [5.41, 5.74) is 7.09. The van der Waals surface area contributed by atoms with Crippen molar-refractivity contribution in [2.45, 2.75) is 26.2 Å². The summed E-state index contributed by atoms with van der Waals surface area (Å²) in [6.45, 7) is 6.12. The van der Waals surface area contributed by atoms with Crippen LogP contribution in [0.15, 0.2) is 28.7 Å². The summed E-state index contributed by atoms with van der Waals surface area (Å²) in [6.07, 6.45) is 0. The molecule has 0 radical (unpaired) electrons. The Hall–Kier alpha value is -1.49. The number of hydrogen-bond acceptors (Lipinski definition) is 3. The van der Waals surface area contributed by atoms with Gasteiger partial charge in [-0.1, -0.05) is 36.7 Å². The van der Waals surface area contributed by atoms with Gasteiger partial charge in [-0.15, -0.1) is 0 Å². The van der Waals surface area contributed by atoms with Crippen molar-refractivity contribution in [1.82, 2.24) is 9.97 Å². The van der Waals surface area contributed by atoms with Crippen molar-refractivity contribution in [2.24, 2.45) is 0 Å². The van der Waals surface area contributed by atoms with Crippen LogP contribution in [-0.4, -0.2) is 9.97 Å². The van der Waals surface area contributed by atoms with Gasteiger partial charge < -0.3 is 5.73 Å². The van der Waals surface area contributed by atoms with Crippen LogP contribution >= 0.6 is 15.9 Å². The predicted octanol–water partition coefficient (Wildman–Crippen LogP) is 3.92. The van der Waals surface area contributed by atoms with Crippen LogP contribution in [0.4, 0.5) is 10.2 Å². The van der Waals surface area contributed by atoms with E-state index >= 15 is 0 Å². The maximum absolute atomic E-state index is 13.4. The molecule has 0 unspecified atom stereocenters. The molecule has 1 aromatic heterocycles. The van der Waals surface area contributed by atoms with E-state index in [2.05, 4.69) is 25.9 Å². The van der Waals surface area contributed by atoms with E-state index in [0.29, 0.717) is 17.2 Å². The highest BCUT2D eigenvalue weighted by Crippen LogP contribution is 2.29. The minimum Gasteiger partial charge on any atom is -0.384 e. The highest BCUT2D eigenvalue weighted by molar-refractivity contribution is 9.10. The summed E-state index contributed by atoms with van der Waals surface area (Å²) in [4.78, 5) is 8.68. The lowest BCUT2D eigenvalue weighted by Gasteiger charge is -2.19. The monoisotopic (exact) mass is 323 g/mol. The summed E-state index contributed by atoms with van der Waals surface area (Å²) in [7, 11) is 0. The highest BCUT2D eigenvalue weighted by atomic mass is 79.9. The second-order valence-corrected chi connectivity index (χ2v) is 6.23. The average molecular weight is 324 g/mol. The van der Waals surface area contributed by atoms with Gasteiger partial charge in [0.25, 0.3) is 0 Å². The summed E-state index contributed by atoms with van der Waals surface area (Å²) < 4.78 is 14.1. The molecule has 19 heavy (non-hydrogen) atoms. The number of aromatic nitrogens is 2. The smallest absolute Gasteiger partial charge is 0.163 e. The molecule has 0 amide bonds. The van der Waals surface area contributed by atoms with Crippen molar-refractivity contribution in [3.05, 3.63) is 40.2 Å². The number of benzene rings is 1. The molecule has 0 saturated carbocycles. The van der Waals surface area contributed by atoms with Crippen molar-refractivity contribution >= 4 is 21.7 Å². The van der Waals surface area contributed by atoms with Crippen LogP contribution in [0.2, 0.25) is 0 Å². The van der Waals surface area contributed by atoms with Gasteiger partial charge in [0.15, 0.2) is 5.82 Å². The van der Waals surface area contributed by atoms with Crippen LogP contribution in [0.1, 0.15) is 26.5 Å². The third kappa shape index (κ3) is 3.10. The van der Waals surface area contributed by atoms with E-state index in [1.165, 1.54) is 12.1 Å². The topological polar surface area (TPSA) is 51.8 Å². The zero-order chi connectivity index (χ0) is 14.2. The molecule has 2 rings (SSSR count). The van der Waals surface area contributed by atoms with Gasteiger partial charge in [0.05, 0.1) is 5.69 Å². The predicted molar refractivity (Wildman–Crippen MR) is 78.2 cm³/mol. The van der Waals surface area contributed by atoms with Crippen LogP contribution in [0.3, 0.4) is 0 Å². The summed E-state index contributed by atoms with van der Waals surface area (Å²) in [6, 6.07) is 6.15. The third-order valence-electron chi connectivity index (χ3n) is 2.68. The first kappa shape index (κ1) is 13.9. The van der Waals surface area contributed by atoms with Gasteiger partial charge in [-0.2, -0.15) is 0 Å². The van der Waals surface area contributed by atoms with E-state index in [9.17, 15) is 4.39 Å². The van der Waals surface area contributed by atoms with Gasteiger partial charge in [0.1, 0.15) is 11.6 Å². The van der Waals surface area contributed by atoms with Crippen molar-refractivity contribution in [2.75, 3.05) is 5.73 Å². The van der Waals surface area contributed by atoms with Crippen LogP contribution in [0.5, 0.6) is 0 Å². The molecule has 0 fully saturated rings. The fourth-order valence-electron chi connectivity index (χ4n) is 1.64. The lowest BCUT2D eigenvalue weighted by Crippen LogP contribution is -2.15. The molecule has 0 bridgehead atoms. The molecule has 0 saturated heterocycles. The Bertz CT molecular complexity index is 621. The number of nitrogens with two attached hydrogens (primary N) is 1. The van der Waals surface area contributed by atoms with E-state index in [1.807, 2.05) is 20.8 Å². The van der Waals surface area contributed by atoms with E-state index < -0.39 is 0 Å². The lowest BCUT2D eigenvalue weighted by molar-refractivity contribution is 0.568. The zero-order valence-electron chi connectivity index (χ0n) is 11.0. The Balaban J connectivity index is 2.63. The lowest BCUT2D eigenvalue weighted by atomic mass is 9.92. The first-order valence-corrected chi connectivity index (χ1v) is 6.67. The molecule has 3 nitrogen and oxygen atoms in total. The van der Waals surface area contributed by atoms with Gasteiger partial charge in [-0.05, 0) is 18.2 Å². The average Bonchev–Trinajstić information content (AvgIpc) is 2.30. The number of nitrogens with zero attached hydrogens (tertiary/aromatic N) is 2. The van der Waals surface area contributed by atoms with Crippen LogP contribution in [-0.2, 0) is 5.41 Å². The Labute approximate surface area is 120 Å². The standard InChI is InChI=1S/C14H15BrFN3/c1-14(2,3)11-7-12(17)19-13(18-11)9-6-8(16)4-5-10(9)15/h4-7H,1-3H3,(H2,17,18,19). The molecule has 0 spiro atoms. The third-order valence-corrected chi connectivity index (χ3v) is 3.38. The Morgan fingerprint density at radius 3 is 2.47 bits per heavy atom. The largest absolute Gasteiger partial charge is 0.384 e. The molecule has 0 aliphatic rings. The Kier molecular flexibility index (Phi) is 3.58. The minimum absolute atomic E-state index is 0.147. The van der Waals surface area contributed by atoms with Gasteiger partial charge in [-0.3, -0.25) is 0 Å². The molecule has 100 valence electrons. The molecular weight excluding hydrogens is 309 g/mol. The molecule has 5 heteroatoms. The molecular formula is C14H15BrFN3. The number of hydrogen-bond donors (Lipinski definition) is 1. The second kappa shape index (κ2) is 4.89. The summed E-state index contributed by atoms with van der Waals surface area (Å²) >= 11 is 3.38. The molecule has 2 N–H and O–H groups in total. The van der Waals surface area contributed by atoms with E-state index in [4.69, 9.17) is 5.73 Å². The molecule has 1 heterocycles. The normalized spacial score (nSPS) is 11.6. The number of anilines is 1. The molecule has 2 aromatic rings. The van der Waals surface area contributed by atoms with Gasteiger partial charge in [0, 0.05) is 21.5 Å². The Morgan fingerprint density at radius 2 is 1.84 bits per heavy atom. The van der Waals surface area contributed by atoms with Gasteiger partial charge in [0.2, 0.25) is 0 Å². The number of halogens is 2. The maximum atomic E-state index is 13.4. The zero-order valence-corrected chi connectivity index (χ0v) is 12.6. The van der Waals surface area contributed by atoms with Gasteiger partial charge in [-0.25, -0.2) is 14.4 Å².